The highest BCUT2D eigenvalue weighted by molar-refractivity contribution is 5.69. The van der Waals surface area contributed by atoms with Gasteiger partial charge in [0.25, 0.3) is 0 Å². The lowest BCUT2D eigenvalue weighted by molar-refractivity contribution is 0.00900. The van der Waals surface area contributed by atoms with E-state index in [0.717, 1.165) is 25.0 Å². The lowest BCUT2D eigenvalue weighted by Gasteiger charge is -2.36. The summed E-state index contributed by atoms with van der Waals surface area (Å²) >= 11 is 0. The first kappa shape index (κ1) is 13.7. The van der Waals surface area contributed by atoms with Crippen molar-refractivity contribution in [3.63, 3.8) is 0 Å². The Bertz CT molecular complexity index is 450. The van der Waals surface area contributed by atoms with E-state index in [1.165, 1.54) is 0 Å². The Balaban J connectivity index is 2.14. The van der Waals surface area contributed by atoms with Gasteiger partial charge in [-0.2, -0.15) is 5.10 Å². The molecule has 0 unspecified atom stereocenters. The monoisotopic (exact) mass is 266 g/mol. The van der Waals surface area contributed by atoms with Crippen molar-refractivity contribution in [2.75, 3.05) is 12.3 Å². The van der Waals surface area contributed by atoms with Crippen molar-refractivity contribution in [3.8, 4) is 0 Å². The zero-order valence-corrected chi connectivity index (χ0v) is 11.8. The van der Waals surface area contributed by atoms with Gasteiger partial charge in [-0.05, 0) is 40.0 Å². The minimum atomic E-state index is -0.480. The van der Waals surface area contributed by atoms with E-state index in [1.807, 2.05) is 20.8 Å². The molecular weight excluding hydrogens is 244 g/mol. The molecule has 2 rings (SSSR count). The van der Waals surface area contributed by atoms with Crippen LogP contribution in [0.3, 0.4) is 0 Å². The average Bonchev–Trinajstić information content (AvgIpc) is 2.73. The first-order chi connectivity index (χ1) is 8.87. The maximum Gasteiger partial charge on any atom is 0.410 e. The van der Waals surface area contributed by atoms with Crippen LogP contribution in [-0.2, 0) is 4.74 Å². The Morgan fingerprint density at radius 1 is 1.53 bits per heavy atom. The summed E-state index contributed by atoms with van der Waals surface area (Å²) in [6.45, 7) is 6.33. The second-order valence-electron chi connectivity index (χ2n) is 5.93. The van der Waals surface area contributed by atoms with Crippen LogP contribution in [0, 0.1) is 0 Å². The maximum absolute atomic E-state index is 12.2. The number of carbonyl (C=O) groups excluding carboxylic acids is 1. The lowest BCUT2D eigenvalue weighted by atomic mass is 10.00. The summed E-state index contributed by atoms with van der Waals surface area (Å²) in [6.07, 6.45) is 2.72. The van der Waals surface area contributed by atoms with Crippen molar-refractivity contribution >= 4 is 11.9 Å². The number of nitrogens with two attached hydrogens (primary N) is 1. The molecule has 0 radical (unpaired) electrons. The molecule has 3 N–H and O–H groups in total. The predicted molar refractivity (Wildman–Crippen MR) is 72.5 cm³/mol. The van der Waals surface area contributed by atoms with Crippen LogP contribution in [0.4, 0.5) is 10.6 Å². The Morgan fingerprint density at radius 3 is 2.84 bits per heavy atom. The topological polar surface area (TPSA) is 84.2 Å². The minimum absolute atomic E-state index is 0.0200. The zero-order valence-electron chi connectivity index (χ0n) is 11.8. The van der Waals surface area contributed by atoms with E-state index in [4.69, 9.17) is 10.5 Å². The van der Waals surface area contributed by atoms with Gasteiger partial charge >= 0.3 is 6.09 Å². The van der Waals surface area contributed by atoms with E-state index >= 15 is 0 Å². The van der Waals surface area contributed by atoms with Crippen molar-refractivity contribution in [1.29, 1.82) is 0 Å². The molecule has 0 spiro atoms. The van der Waals surface area contributed by atoms with E-state index < -0.39 is 5.60 Å². The van der Waals surface area contributed by atoms with Crippen LogP contribution in [0.15, 0.2) is 6.07 Å². The van der Waals surface area contributed by atoms with E-state index in [9.17, 15) is 4.79 Å². The molecule has 1 saturated heterocycles. The molecule has 1 aromatic rings. The summed E-state index contributed by atoms with van der Waals surface area (Å²) in [5, 5.41) is 6.83. The molecule has 1 amide bonds. The van der Waals surface area contributed by atoms with Gasteiger partial charge in [-0.15, -0.1) is 0 Å². The third kappa shape index (κ3) is 3.39. The largest absolute Gasteiger partial charge is 0.444 e. The van der Waals surface area contributed by atoms with Gasteiger partial charge in [0.15, 0.2) is 0 Å². The van der Waals surface area contributed by atoms with Gasteiger partial charge in [0.2, 0.25) is 0 Å². The summed E-state index contributed by atoms with van der Waals surface area (Å²) in [7, 11) is 0. The van der Waals surface area contributed by atoms with Crippen LogP contribution in [-0.4, -0.2) is 33.3 Å². The van der Waals surface area contributed by atoms with Gasteiger partial charge in [0.05, 0.1) is 11.7 Å². The first-order valence-corrected chi connectivity index (χ1v) is 6.67. The molecule has 0 aliphatic carbocycles. The number of anilines is 1. The summed E-state index contributed by atoms with van der Waals surface area (Å²) in [6, 6.07) is 1.77. The predicted octanol–water partition coefficient (Wildman–Crippen LogP) is 2.45. The number of nitrogen functional groups attached to an aromatic ring is 1. The van der Waals surface area contributed by atoms with Crippen LogP contribution in [0.25, 0.3) is 0 Å². The number of nitrogens with one attached hydrogen (secondary N) is 1. The molecule has 106 valence electrons. The van der Waals surface area contributed by atoms with Gasteiger partial charge in [-0.3, -0.25) is 10.00 Å². The van der Waals surface area contributed by atoms with Crippen LogP contribution < -0.4 is 5.73 Å². The molecule has 0 bridgehead atoms. The fraction of sp³-hybridized carbons (Fsp3) is 0.692. The number of aromatic amines is 1. The third-order valence-electron chi connectivity index (χ3n) is 3.11. The molecule has 1 aliphatic rings. The first-order valence-electron chi connectivity index (χ1n) is 6.67. The summed E-state index contributed by atoms with van der Waals surface area (Å²) in [5.74, 6) is 0.449. The smallest absolute Gasteiger partial charge is 0.410 e. The van der Waals surface area contributed by atoms with Crippen LogP contribution in [0.2, 0.25) is 0 Å². The number of piperidine rings is 1. The molecule has 1 aromatic heterocycles. The van der Waals surface area contributed by atoms with Gasteiger partial charge in [0, 0.05) is 12.6 Å². The van der Waals surface area contributed by atoms with Crippen LogP contribution >= 0.6 is 0 Å². The number of nitrogens with zero attached hydrogens (tertiary/aromatic N) is 2. The number of hydrogen-bond acceptors (Lipinski definition) is 4. The zero-order chi connectivity index (χ0) is 14.0. The fourth-order valence-corrected chi connectivity index (χ4v) is 2.32. The number of hydrogen-bond donors (Lipinski definition) is 2. The van der Waals surface area contributed by atoms with Crippen LogP contribution in [0.5, 0.6) is 0 Å². The van der Waals surface area contributed by atoms with Gasteiger partial charge in [-0.1, -0.05) is 0 Å². The van der Waals surface area contributed by atoms with Crippen molar-refractivity contribution in [1.82, 2.24) is 15.1 Å². The molecule has 0 saturated carbocycles. The van der Waals surface area contributed by atoms with E-state index in [0.29, 0.717) is 12.4 Å². The maximum atomic E-state index is 12.2. The number of carbonyl (C=O) groups is 1. The molecule has 1 aliphatic heterocycles. The van der Waals surface area contributed by atoms with Crippen molar-refractivity contribution < 1.29 is 9.53 Å². The molecule has 1 fully saturated rings. The van der Waals surface area contributed by atoms with Gasteiger partial charge < -0.3 is 10.5 Å². The van der Waals surface area contributed by atoms with E-state index in [1.54, 1.807) is 11.0 Å². The van der Waals surface area contributed by atoms with Gasteiger partial charge in [-0.25, -0.2) is 4.79 Å². The second-order valence-corrected chi connectivity index (χ2v) is 5.93. The molecular formula is C13H22N4O2. The number of amides is 1. The second kappa shape index (κ2) is 5.11. The average molecular weight is 266 g/mol. The van der Waals surface area contributed by atoms with Crippen molar-refractivity contribution in [3.05, 3.63) is 11.8 Å². The standard InChI is InChI=1S/C13H22N4O2/c1-13(2,3)19-12(18)17-7-5-4-6-10(17)9-8-11(14)16-15-9/h8,10H,4-7H2,1-3H3,(H3,14,15,16)/t10-/m0/s1. The number of ether oxygens (including phenoxy) is 1. The summed E-state index contributed by atoms with van der Waals surface area (Å²) < 4.78 is 5.46. The molecule has 0 aromatic carbocycles. The highest BCUT2D eigenvalue weighted by atomic mass is 16.6. The number of aromatic nitrogens is 2. The number of H-pyrrole nitrogens is 1. The van der Waals surface area contributed by atoms with E-state index in [2.05, 4.69) is 10.2 Å². The molecule has 2 heterocycles. The minimum Gasteiger partial charge on any atom is -0.444 e. The number of likely N-dealkylation sites (tertiary alicyclic amines) is 1. The highest BCUT2D eigenvalue weighted by Gasteiger charge is 2.32. The van der Waals surface area contributed by atoms with Gasteiger partial charge in [0.1, 0.15) is 11.4 Å². The SMILES string of the molecule is CC(C)(C)OC(=O)N1CCCC[C@H]1c1cc(N)n[nH]1. The lowest BCUT2D eigenvalue weighted by Crippen LogP contribution is -2.42. The van der Waals surface area contributed by atoms with E-state index in [-0.39, 0.29) is 12.1 Å². The number of rotatable bonds is 1. The Labute approximate surface area is 113 Å². The quantitative estimate of drug-likeness (QED) is 0.817. The molecule has 6 heteroatoms. The molecule has 6 nitrogen and oxygen atoms in total. The molecule has 19 heavy (non-hydrogen) atoms. The Hall–Kier alpha value is -1.72. The van der Waals surface area contributed by atoms with Crippen molar-refractivity contribution in [2.45, 2.75) is 51.7 Å². The van der Waals surface area contributed by atoms with Crippen LogP contribution in [0.1, 0.15) is 51.8 Å². The fourth-order valence-electron chi connectivity index (χ4n) is 2.32. The molecule has 1 atom stereocenters. The third-order valence-corrected chi connectivity index (χ3v) is 3.11. The summed E-state index contributed by atoms with van der Waals surface area (Å²) in [5.41, 5.74) is 6.03. The Morgan fingerprint density at radius 2 is 2.26 bits per heavy atom. The highest BCUT2D eigenvalue weighted by Crippen LogP contribution is 2.31. The van der Waals surface area contributed by atoms with Crippen molar-refractivity contribution in [2.24, 2.45) is 0 Å². The summed E-state index contributed by atoms with van der Waals surface area (Å²) in [4.78, 5) is 14.0. The normalized spacial score (nSPS) is 20.4. The Kier molecular flexibility index (Phi) is 3.68.